The molecule has 0 saturated carbocycles. The van der Waals surface area contributed by atoms with E-state index in [1.807, 2.05) is 37.3 Å². The summed E-state index contributed by atoms with van der Waals surface area (Å²) >= 11 is 6.28. The first-order valence-electron chi connectivity index (χ1n) is 9.72. The number of imide groups is 1. The number of amides is 3. The molecule has 1 spiro atoms. The standard InChI is InChI=1S/C22H20ClN3O3/c1-12-16-17(20(28)26(19(16)27)11-10-13-6-3-2-4-7-13)22(25-12)14-8-5-9-15(23)18(14)24-21(22)29/h2-9,12,16-17,25H,10-11H2,1H3,(H,24,29)/t12-,16+,17-,22+/m0/s1. The molecule has 5 rings (SSSR count). The van der Waals surface area contributed by atoms with Gasteiger partial charge in [0, 0.05) is 18.2 Å². The maximum absolute atomic E-state index is 13.4. The largest absolute Gasteiger partial charge is 0.323 e. The van der Waals surface area contributed by atoms with E-state index >= 15 is 0 Å². The lowest BCUT2D eigenvalue weighted by molar-refractivity contribution is -0.142. The third-order valence-corrected chi connectivity index (χ3v) is 6.72. The molecule has 2 N–H and O–H groups in total. The Labute approximate surface area is 173 Å². The van der Waals surface area contributed by atoms with Gasteiger partial charge in [-0.3, -0.25) is 24.6 Å². The van der Waals surface area contributed by atoms with E-state index in [-0.39, 0.29) is 23.8 Å². The number of nitrogens with one attached hydrogen (secondary N) is 2. The monoisotopic (exact) mass is 409 g/mol. The lowest BCUT2D eigenvalue weighted by Crippen LogP contribution is -2.53. The Balaban J connectivity index is 1.52. The quantitative estimate of drug-likeness (QED) is 0.762. The molecule has 0 radical (unpaired) electrons. The highest BCUT2D eigenvalue weighted by Crippen LogP contribution is 2.53. The molecule has 4 atom stereocenters. The van der Waals surface area contributed by atoms with Gasteiger partial charge in [-0.15, -0.1) is 0 Å². The number of nitrogens with zero attached hydrogens (tertiary/aromatic N) is 1. The van der Waals surface area contributed by atoms with Crippen molar-refractivity contribution < 1.29 is 14.4 Å². The van der Waals surface area contributed by atoms with E-state index in [0.29, 0.717) is 29.2 Å². The minimum atomic E-state index is -1.27. The molecular weight excluding hydrogens is 390 g/mol. The van der Waals surface area contributed by atoms with Crippen LogP contribution in [0.3, 0.4) is 0 Å². The van der Waals surface area contributed by atoms with Gasteiger partial charge in [0.15, 0.2) is 0 Å². The number of likely N-dealkylation sites (tertiary alicyclic amines) is 1. The normalized spacial score (nSPS) is 30.1. The Hall–Kier alpha value is -2.70. The number of halogens is 1. The van der Waals surface area contributed by atoms with Gasteiger partial charge in [-0.25, -0.2) is 0 Å². The van der Waals surface area contributed by atoms with Crippen molar-refractivity contribution in [1.82, 2.24) is 10.2 Å². The highest BCUT2D eigenvalue weighted by atomic mass is 35.5. The van der Waals surface area contributed by atoms with Crippen molar-refractivity contribution in [3.8, 4) is 0 Å². The van der Waals surface area contributed by atoms with E-state index in [4.69, 9.17) is 11.6 Å². The summed E-state index contributed by atoms with van der Waals surface area (Å²) < 4.78 is 0. The summed E-state index contributed by atoms with van der Waals surface area (Å²) in [5.41, 5.74) is 0.947. The molecule has 0 bridgehead atoms. The molecule has 6 nitrogen and oxygen atoms in total. The molecule has 3 heterocycles. The summed E-state index contributed by atoms with van der Waals surface area (Å²) in [6.07, 6.45) is 0.585. The average Bonchev–Trinajstić information content (AvgIpc) is 3.27. The van der Waals surface area contributed by atoms with E-state index in [2.05, 4.69) is 10.6 Å². The van der Waals surface area contributed by atoms with Crippen molar-refractivity contribution in [2.24, 2.45) is 11.8 Å². The van der Waals surface area contributed by atoms with Gasteiger partial charge < -0.3 is 5.32 Å². The van der Waals surface area contributed by atoms with E-state index in [1.54, 1.807) is 18.2 Å². The van der Waals surface area contributed by atoms with Gasteiger partial charge in [0.25, 0.3) is 0 Å². The fourth-order valence-electron chi connectivity index (χ4n) is 5.12. The van der Waals surface area contributed by atoms with E-state index < -0.39 is 17.4 Å². The van der Waals surface area contributed by atoms with E-state index in [9.17, 15) is 14.4 Å². The summed E-state index contributed by atoms with van der Waals surface area (Å²) in [6.45, 7) is 2.16. The van der Waals surface area contributed by atoms with Crippen molar-refractivity contribution in [3.63, 3.8) is 0 Å². The average molecular weight is 410 g/mol. The van der Waals surface area contributed by atoms with Gasteiger partial charge >= 0.3 is 0 Å². The Morgan fingerprint density at radius 3 is 2.55 bits per heavy atom. The molecule has 2 aromatic rings. The van der Waals surface area contributed by atoms with Crippen molar-refractivity contribution in [2.45, 2.75) is 24.9 Å². The molecule has 29 heavy (non-hydrogen) atoms. The molecule has 3 amide bonds. The number of benzene rings is 2. The molecule has 2 aromatic carbocycles. The summed E-state index contributed by atoms with van der Waals surface area (Å²) in [5, 5.41) is 6.52. The lowest BCUT2D eigenvalue weighted by Gasteiger charge is -2.29. The SMILES string of the molecule is C[C@@H]1N[C@@]2(C(=O)Nc3c(Cl)cccc32)[C@@H]2C(=O)N(CCc3ccccc3)C(=O)[C@H]12. The first-order valence-corrected chi connectivity index (χ1v) is 10.1. The smallest absolute Gasteiger partial charge is 0.250 e. The zero-order valence-electron chi connectivity index (χ0n) is 15.8. The number of hydrogen-bond acceptors (Lipinski definition) is 4. The van der Waals surface area contributed by atoms with Crippen LogP contribution in [0.25, 0.3) is 0 Å². The van der Waals surface area contributed by atoms with E-state index in [1.165, 1.54) is 4.90 Å². The topological polar surface area (TPSA) is 78.5 Å². The number of hydrogen-bond donors (Lipinski definition) is 2. The van der Waals surface area contributed by atoms with Crippen LogP contribution in [0.5, 0.6) is 0 Å². The predicted molar refractivity (Wildman–Crippen MR) is 108 cm³/mol. The van der Waals surface area contributed by atoms with Gasteiger partial charge in [-0.05, 0) is 25.0 Å². The van der Waals surface area contributed by atoms with Crippen molar-refractivity contribution >= 4 is 35.0 Å². The van der Waals surface area contributed by atoms with Gasteiger partial charge in [0.05, 0.1) is 22.5 Å². The van der Waals surface area contributed by atoms with Crippen LogP contribution < -0.4 is 10.6 Å². The second-order valence-corrected chi connectivity index (χ2v) is 8.33. The van der Waals surface area contributed by atoms with Crippen molar-refractivity contribution in [3.05, 3.63) is 64.7 Å². The number of fused-ring (bicyclic) bond motifs is 4. The van der Waals surface area contributed by atoms with Crippen LogP contribution in [0.15, 0.2) is 48.5 Å². The van der Waals surface area contributed by atoms with Gasteiger partial charge in [-0.2, -0.15) is 0 Å². The van der Waals surface area contributed by atoms with Crippen LogP contribution in [0.4, 0.5) is 5.69 Å². The fourth-order valence-corrected chi connectivity index (χ4v) is 5.34. The minimum Gasteiger partial charge on any atom is -0.323 e. The molecule has 148 valence electrons. The van der Waals surface area contributed by atoms with Crippen LogP contribution >= 0.6 is 11.6 Å². The number of carbonyl (C=O) groups excluding carboxylic acids is 3. The molecule has 7 heteroatoms. The zero-order chi connectivity index (χ0) is 20.3. The highest BCUT2D eigenvalue weighted by molar-refractivity contribution is 6.35. The lowest BCUT2D eigenvalue weighted by atomic mass is 9.76. The van der Waals surface area contributed by atoms with Crippen molar-refractivity contribution in [2.75, 3.05) is 11.9 Å². The molecule has 2 fully saturated rings. The Kier molecular flexibility index (Phi) is 4.05. The maximum atomic E-state index is 13.4. The van der Waals surface area contributed by atoms with E-state index in [0.717, 1.165) is 5.56 Å². The van der Waals surface area contributed by atoms with Crippen LogP contribution in [0.1, 0.15) is 18.1 Å². The minimum absolute atomic E-state index is 0.212. The Morgan fingerprint density at radius 2 is 1.79 bits per heavy atom. The maximum Gasteiger partial charge on any atom is 0.250 e. The molecule has 0 aliphatic carbocycles. The summed E-state index contributed by atoms with van der Waals surface area (Å²) in [5.74, 6) is -2.19. The molecule has 3 aliphatic rings. The molecule has 0 aromatic heterocycles. The second-order valence-electron chi connectivity index (χ2n) is 7.92. The van der Waals surface area contributed by atoms with Gasteiger partial charge in [0.1, 0.15) is 5.54 Å². The number of para-hydroxylation sites is 1. The predicted octanol–water partition coefficient (Wildman–Crippen LogP) is 2.32. The fraction of sp³-hybridized carbons (Fsp3) is 0.318. The number of rotatable bonds is 3. The van der Waals surface area contributed by atoms with Crippen LogP contribution in [0.2, 0.25) is 5.02 Å². The third-order valence-electron chi connectivity index (χ3n) is 6.40. The van der Waals surface area contributed by atoms with Gasteiger partial charge in [-0.1, -0.05) is 54.1 Å². The summed E-state index contributed by atoms with van der Waals surface area (Å²) in [4.78, 5) is 41.0. The third kappa shape index (κ3) is 2.42. The number of carbonyl (C=O) groups is 3. The zero-order valence-corrected chi connectivity index (χ0v) is 16.6. The summed E-state index contributed by atoms with van der Waals surface area (Å²) in [6, 6.07) is 14.7. The van der Waals surface area contributed by atoms with Gasteiger partial charge in [0.2, 0.25) is 17.7 Å². The second kappa shape index (κ2) is 6.40. The molecule has 2 saturated heterocycles. The van der Waals surface area contributed by atoms with Crippen molar-refractivity contribution in [1.29, 1.82) is 0 Å². The van der Waals surface area contributed by atoms with Crippen LogP contribution in [-0.2, 0) is 26.3 Å². The van der Waals surface area contributed by atoms with Crippen LogP contribution in [-0.4, -0.2) is 35.2 Å². The first-order chi connectivity index (χ1) is 13.9. The first kappa shape index (κ1) is 18.3. The Morgan fingerprint density at radius 1 is 1.03 bits per heavy atom. The van der Waals surface area contributed by atoms with Crippen LogP contribution in [0, 0.1) is 11.8 Å². The highest BCUT2D eigenvalue weighted by Gasteiger charge is 2.69. The summed E-state index contributed by atoms with van der Waals surface area (Å²) in [7, 11) is 0. The molecule has 0 unspecified atom stereocenters. The molecule has 3 aliphatic heterocycles. The number of anilines is 1. The molecular formula is C22H20ClN3O3. The Bertz CT molecular complexity index is 1040.